The van der Waals surface area contributed by atoms with Gasteiger partial charge in [-0.25, -0.2) is 0 Å². The smallest absolute Gasteiger partial charge is 0.225 e. The molecule has 2 aliphatic rings. The van der Waals surface area contributed by atoms with Crippen LogP contribution in [0.25, 0.3) is 0 Å². The summed E-state index contributed by atoms with van der Waals surface area (Å²) in [6.45, 7) is 7.77. The van der Waals surface area contributed by atoms with Crippen LogP contribution in [0.4, 0.5) is 0 Å². The van der Waals surface area contributed by atoms with Crippen molar-refractivity contribution >= 4 is 22.7 Å². The van der Waals surface area contributed by atoms with Gasteiger partial charge in [0, 0.05) is 30.0 Å². The number of Topliss-reactive ketones (excluding diaryl/α,β-unsaturated/α-hetero) is 1. The first kappa shape index (κ1) is 12.7. The van der Waals surface area contributed by atoms with Gasteiger partial charge < -0.3 is 4.90 Å². The fourth-order valence-electron chi connectivity index (χ4n) is 2.49. The minimum Gasteiger partial charge on any atom is -0.374 e. The summed E-state index contributed by atoms with van der Waals surface area (Å²) in [6.07, 6.45) is 2.78. The number of hydrogen-bond acceptors (Lipinski definition) is 4. The van der Waals surface area contributed by atoms with Gasteiger partial charge in [-0.15, -0.1) is 0 Å². The predicted molar refractivity (Wildman–Crippen MR) is 69.8 cm³/mol. The van der Waals surface area contributed by atoms with Gasteiger partial charge in [0.25, 0.3) is 0 Å². The molecule has 2 aliphatic heterocycles. The molecule has 0 unspecified atom stereocenters. The number of ketones is 1. The van der Waals surface area contributed by atoms with Crippen LogP contribution in [0.2, 0.25) is 0 Å². The molecule has 0 aromatic carbocycles. The third-order valence-corrected chi connectivity index (χ3v) is 4.47. The van der Waals surface area contributed by atoms with Crippen molar-refractivity contribution < 1.29 is 9.59 Å². The molecule has 0 N–H and O–H groups in total. The van der Waals surface area contributed by atoms with Crippen molar-refractivity contribution in [2.75, 3.05) is 13.1 Å². The lowest BCUT2D eigenvalue weighted by Crippen LogP contribution is -2.34. The van der Waals surface area contributed by atoms with Crippen LogP contribution in [0.5, 0.6) is 0 Å². The van der Waals surface area contributed by atoms with Crippen molar-refractivity contribution in [3.05, 3.63) is 11.3 Å². The summed E-state index contributed by atoms with van der Waals surface area (Å²) in [6, 6.07) is 0. The minimum absolute atomic E-state index is 0.0168. The summed E-state index contributed by atoms with van der Waals surface area (Å²) in [4.78, 5) is 26.3. The van der Waals surface area contributed by atoms with Crippen LogP contribution < -0.4 is 0 Å². The SMILES string of the molecule is CC(=C1C(=O)CC(C)(C)SC1=O)N1CCCC1. The maximum atomic E-state index is 12.1. The Balaban J connectivity index is 2.28. The normalized spacial score (nSPS) is 27.6. The zero-order chi connectivity index (χ0) is 12.6. The fourth-order valence-corrected chi connectivity index (χ4v) is 3.56. The van der Waals surface area contributed by atoms with Crippen molar-refractivity contribution in [1.29, 1.82) is 0 Å². The molecule has 2 fully saturated rings. The highest BCUT2D eigenvalue weighted by Gasteiger charge is 2.38. The van der Waals surface area contributed by atoms with Crippen LogP contribution in [-0.4, -0.2) is 33.6 Å². The van der Waals surface area contributed by atoms with Gasteiger partial charge in [-0.1, -0.05) is 11.8 Å². The molecule has 17 heavy (non-hydrogen) atoms. The molecule has 0 radical (unpaired) electrons. The van der Waals surface area contributed by atoms with Gasteiger partial charge in [0.05, 0.1) is 5.57 Å². The summed E-state index contributed by atoms with van der Waals surface area (Å²) < 4.78 is -0.247. The Morgan fingerprint density at radius 1 is 1.24 bits per heavy atom. The van der Waals surface area contributed by atoms with E-state index in [0.717, 1.165) is 31.6 Å². The maximum Gasteiger partial charge on any atom is 0.225 e. The molecule has 0 saturated carbocycles. The Morgan fingerprint density at radius 2 is 1.82 bits per heavy atom. The molecule has 0 atom stereocenters. The Kier molecular flexibility index (Phi) is 3.34. The summed E-state index contributed by atoms with van der Waals surface area (Å²) >= 11 is 1.30. The highest BCUT2D eigenvalue weighted by molar-refractivity contribution is 8.15. The van der Waals surface area contributed by atoms with Gasteiger partial charge in [-0.2, -0.15) is 0 Å². The van der Waals surface area contributed by atoms with Crippen LogP contribution in [0.15, 0.2) is 11.3 Å². The van der Waals surface area contributed by atoms with Crippen LogP contribution >= 0.6 is 11.8 Å². The molecule has 2 saturated heterocycles. The number of carbonyl (C=O) groups excluding carboxylic acids is 2. The van der Waals surface area contributed by atoms with Crippen molar-refractivity contribution in [2.24, 2.45) is 0 Å². The average Bonchev–Trinajstić information content (AvgIpc) is 2.66. The first-order chi connectivity index (χ1) is 7.91. The lowest BCUT2D eigenvalue weighted by atomic mass is 9.98. The van der Waals surface area contributed by atoms with Gasteiger partial charge in [-0.3, -0.25) is 9.59 Å². The van der Waals surface area contributed by atoms with E-state index in [1.54, 1.807) is 0 Å². The zero-order valence-corrected chi connectivity index (χ0v) is 11.5. The molecule has 4 heteroatoms. The van der Waals surface area contributed by atoms with Crippen molar-refractivity contribution in [3.8, 4) is 0 Å². The van der Waals surface area contributed by atoms with Gasteiger partial charge in [0.1, 0.15) is 0 Å². The zero-order valence-electron chi connectivity index (χ0n) is 10.7. The van der Waals surface area contributed by atoms with Gasteiger partial charge >= 0.3 is 0 Å². The van der Waals surface area contributed by atoms with Gasteiger partial charge in [-0.05, 0) is 33.6 Å². The molecule has 0 aromatic rings. The van der Waals surface area contributed by atoms with E-state index in [0.29, 0.717) is 12.0 Å². The molecule has 2 rings (SSSR count). The third-order valence-electron chi connectivity index (χ3n) is 3.38. The average molecular weight is 253 g/mol. The number of hydrogen-bond donors (Lipinski definition) is 0. The Morgan fingerprint density at radius 3 is 2.35 bits per heavy atom. The molecule has 94 valence electrons. The number of nitrogens with zero attached hydrogens (tertiary/aromatic N) is 1. The molecule has 0 amide bonds. The lowest BCUT2D eigenvalue weighted by molar-refractivity contribution is -0.119. The number of allylic oxidation sites excluding steroid dienone is 1. The molecule has 0 bridgehead atoms. The van der Waals surface area contributed by atoms with Crippen molar-refractivity contribution in [2.45, 2.75) is 44.8 Å². The summed E-state index contributed by atoms with van der Waals surface area (Å²) in [5.74, 6) is 0.0168. The second-order valence-electron chi connectivity index (χ2n) is 5.40. The van der Waals surface area contributed by atoms with E-state index < -0.39 is 0 Å². The molecule has 0 aliphatic carbocycles. The quantitative estimate of drug-likeness (QED) is 0.531. The highest BCUT2D eigenvalue weighted by atomic mass is 32.2. The molecule has 0 aromatic heterocycles. The minimum atomic E-state index is -0.247. The van der Waals surface area contributed by atoms with Crippen molar-refractivity contribution in [1.82, 2.24) is 4.90 Å². The first-order valence-electron chi connectivity index (χ1n) is 6.13. The second kappa shape index (κ2) is 4.48. The molecule has 3 nitrogen and oxygen atoms in total. The molecule has 2 heterocycles. The van der Waals surface area contributed by atoms with Crippen LogP contribution in [0.1, 0.15) is 40.0 Å². The van der Waals surface area contributed by atoms with E-state index >= 15 is 0 Å². The Hall–Kier alpha value is -0.770. The highest BCUT2D eigenvalue weighted by Crippen LogP contribution is 2.38. The lowest BCUT2D eigenvalue weighted by Gasteiger charge is -2.30. The van der Waals surface area contributed by atoms with E-state index in [1.165, 1.54) is 11.8 Å². The van der Waals surface area contributed by atoms with Crippen molar-refractivity contribution in [3.63, 3.8) is 0 Å². The second-order valence-corrected chi connectivity index (χ2v) is 7.08. The van der Waals surface area contributed by atoms with E-state index in [9.17, 15) is 9.59 Å². The van der Waals surface area contributed by atoms with Crippen LogP contribution in [0.3, 0.4) is 0 Å². The van der Waals surface area contributed by atoms with E-state index in [2.05, 4.69) is 4.90 Å². The molecular weight excluding hydrogens is 234 g/mol. The summed E-state index contributed by atoms with van der Waals surface area (Å²) in [7, 11) is 0. The first-order valence-corrected chi connectivity index (χ1v) is 6.95. The number of rotatable bonds is 1. The number of carbonyl (C=O) groups is 2. The number of thioether (sulfide) groups is 1. The van der Waals surface area contributed by atoms with E-state index in [-0.39, 0.29) is 15.6 Å². The standard InChI is InChI=1S/C13H19NO2S/c1-9(14-6-4-5-7-14)11-10(15)8-13(2,3)17-12(11)16/h4-8H2,1-3H3. The largest absolute Gasteiger partial charge is 0.374 e. The monoisotopic (exact) mass is 253 g/mol. The Labute approximate surface area is 107 Å². The topological polar surface area (TPSA) is 37.4 Å². The molecular formula is C13H19NO2S. The summed E-state index contributed by atoms with van der Waals surface area (Å²) in [5, 5.41) is -0.0457. The summed E-state index contributed by atoms with van der Waals surface area (Å²) in [5.41, 5.74) is 1.33. The predicted octanol–water partition coefficient (Wildman–Crippen LogP) is 2.37. The van der Waals surface area contributed by atoms with Crippen LogP contribution in [0, 0.1) is 0 Å². The van der Waals surface area contributed by atoms with E-state index in [4.69, 9.17) is 0 Å². The molecule has 0 spiro atoms. The number of likely N-dealkylation sites (tertiary alicyclic amines) is 1. The third kappa shape index (κ3) is 2.57. The van der Waals surface area contributed by atoms with Gasteiger partial charge in [0.15, 0.2) is 5.78 Å². The fraction of sp³-hybridized carbons (Fsp3) is 0.692. The maximum absolute atomic E-state index is 12.1. The van der Waals surface area contributed by atoms with Crippen LogP contribution in [-0.2, 0) is 9.59 Å². The Bertz CT molecular complexity index is 370. The van der Waals surface area contributed by atoms with Gasteiger partial charge in [0.2, 0.25) is 5.12 Å². The van der Waals surface area contributed by atoms with E-state index in [1.807, 2.05) is 20.8 Å².